The number of hydrogen-bond donors (Lipinski definition) is 1. The molecule has 0 bridgehead atoms. The van der Waals surface area contributed by atoms with E-state index in [0.717, 1.165) is 6.20 Å². The van der Waals surface area contributed by atoms with Crippen LogP contribution in [0.1, 0.15) is 18.9 Å². The molecule has 1 atom stereocenters. The fourth-order valence-corrected chi connectivity index (χ4v) is 1.26. The summed E-state index contributed by atoms with van der Waals surface area (Å²) < 4.78 is 48.6. The summed E-state index contributed by atoms with van der Waals surface area (Å²) in [4.78, 5) is 3.60. The van der Waals surface area contributed by atoms with Crippen LogP contribution in [0.25, 0.3) is 0 Å². The van der Waals surface area contributed by atoms with Gasteiger partial charge in [0, 0.05) is 18.8 Å². The highest BCUT2D eigenvalue weighted by molar-refractivity contribution is 5.09. The first-order chi connectivity index (χ1) is 7.37. The van der Waals surface area contributed by atoms with Gasteiger partial charge in [-0.05, 0) is 18.6 Å². The molecule has 0 aromatic carbocycles. The van der Waals surface area contributed by atoms with E-state index in [4.69, 9.17) is 0 Å². The van der Waals surface area contributed by atoms with Crippen molar-refractivity contribution < 1.29 is 17.6 Å². The monoisotopic (exact) mass is 236 g/mol. The second kappa shape index (κ2) is 5.25. The highest BCUT2D eigenvalue weighted by Gasteiger charge is 2.29. The first-order valence-electron chi connectivity index (χ1n) is 4.76. The van der Waals surface area contributed by atoms with Crippen LogP contribution in [0, 0.1) is 5.82 Å². The van der Waals surface area contributed by atoms with Crippen LogP contribution in [0.4, 0.5) is 17.6 Å². The van der Waals surface area contributed by atoms with Crippen molar-refractivity contribution in [3.63, 3.8) is 0 Å². The van der Waals surface area contributed by atoms with Crippen LogP contribution in [-0.4, -0.2) is 17.2 Å². The Balaban J connectivity index is 2.40. The lowest BCUT2D eigenvalue weighted by Gasteiger charge is -2.15. The minimum atomic E-state index is -4.19. The number of nitrogens with one attached hydrogen (secondary N) is 1. The zero-order valence-corrected chi connectivity index (χ0v) is 8.68. The smallest absolute Gasteiger partial charge is 0.310 e. The lowest BCUT2D eigenvalue weighted by atomic mass is 10.2. The zero-order chi connectivity index (χ0) is 12.2. The number of rotatable bonds is 4. The summed E-state index contributed by atoms with van der Waals surface area (Å²) in [5, 5.41) is 2.66. The number of pyridine rings is 1. The summed E-state index contributed by atoms with van der Waals surface area (Å²) in [6.07, 6.45) is -2.64. The van der Waals surface area contributed by atoms with Gasteiger partial charge in [0.25, 0.3) is 0 Å². The van der Waals surface area contributed by atoms with Crippen molar-refractivity contribution in [3.05, 3.63) is 29.8 Å². The average molecular weight is 236 g/mol. The van der Waals surface area contributed by atoms with Crippen molar-refractivity contribution in [2.75, 3.05) is 0 Å². The second-order valence-corrected chi connectivity index (χ2v) is 3.61. The first kappa shape index (κ1) is 12.9. The molecular formula is C10H12F4N2. The van der Waals surface area contributed by atoms with Crippen molar-refractivity contribution in [2.24, 2.45) is 0 Å². The Morgan fingerprint density at radius 1 is 1.38 bits per heavy atom. The molecule has 16 heavy (non-hydrogen) atoms. The van der Waals surface area contributed by atoms with Crippen molar-refractivity contribution in [3.8, 4) is 0 Å². The Labute approximate surface area is 90.7 Å². The summed E-state index contributed by atoms with van der Waals surface area (Å²) in [6, 6.07) is 0.531. The number of halogens is 4. The minimum absolute atomic E-state index is 0.169. The van der Waals surface area contributed by atoms with E-state index in [1.807, 2.05) is 0 Å². The molecule has 1 rings (SSSR count). The van der Waals surface area contributed by atoms with E-state index in [-0.39, 0.29) is 6.54 Å². The highest BCUT2D eigenvalue weighted by atomic mass is 19.4. The molecule has 1 heterocycles. The molecule has 1 unspecified atom stereocenters. The Kier molecular flexibility index (Phi) is 4.23. The quantitative estimate of drug-likeness (QED) is 0.813. The molecule has 0 aliphatic carbocycles. The van der Waals surface area contributed by atoms with E-state index in [0.29, 0.717) is 5.56 Å². The fourth-order valence-electron chi connectivity index (χ4n) is 1.26. The van der Waals surface area contributed by atoms with E-state index in [1.165, 1.54) is 19.2 Å². The molecule has 0 saturated heterocycles. The van der Waals surface area contributed by atoms with E-state index in [9.17, 15) is 17.6 Å². The maximum atomic E-state index is 12.7. The van der Waals surface area contributed by atoms with Crippen molar-refractivity contribution in [2.45, 2.75) is 32.1 Å². The zero-order valence-electron chi connectivity index (χ0n) is 8.68. The first-order valence-corrected chi connectivity index (χ1v) is 4.76. The molecule has 90 valence electrons. The summed E-state index contributed by atoms with van der Waals surface area (Å²) in [7, 11) is 0. The lowest BCUT2D eigenvalue weighted by molar-refractivity contribution is -0.139. The highest BCUT2D eigenvalue weighted by Crippen LogP contribution is 2.21. The molecule has 6 heteroatoms. The van der Waals surface area contributed by atoms with Crippen LogP contribution in [0.2, 0.25) is 0 Å². The second-order valence-electron chi connectivity index (χ2n) is 3.61. The van der Waals surface area contributed by atoms with Gasteiger partial charge in [-0.3, -0.25) is 4.98 Å². The van der Waals surface area contributed by atoms with Crippen molar-refractivity contribution in [1.29, 1.82) is 0 Å². The Morgan fingerprint density at radius 3 is 2.62 bits per heavy atom. The average Bonchev–Trinajstić information content (AvgIpc) is 2.12. The fraction of sp³-hybridized carbons (Fsp3) is 0.500. The summed E-state index contributed by atoms with van der Waals surface area (Å²) in [5.41, 5.74) is 0.522. The third-order valence-corrected chi connectivity index (χ3v) is 1.95. The molecule has 0 fully saturated rings. The number of aromatic nitrogens is 1. The SMILES string of the molecule is CC(CC(F)(F)F)NCc1cncc(F)c1. The standard InChI is InChI=1S/C10H12F4N2/c1-7(3-10(12,13)14)16-5-8-2-9(11)6-15-4-8/h2,4,6-7,16H,3,5H2,1H3. The Morgan fingerprint density at radius 2 is 2.06 bits per heavy atom. The van der Waals surface area contributed by atoms with Gasteiger partial charge in [0.2, 0.25) is 0 Å². The molecule has 1 aromatic heterocycles. The van der Waals surface area contributed by atoms with Crippen LogP contribution in [0.5, 0.6) is 0 Å². The molecular weight excluding hydrogens is 224 g/mol. The molecule has 0 radical (unpaired) electrons. The predicted octanol–water partition coefficient (Wildman–Crippen LogP) is 2.65. The van der Waals surface area contributed by atoms with Gasteiger partial charge >= 0.3 is 6.18 Å². The molecule has 1 aromatic rings. The molecule has 2 nitrogen and oxygen atoms in total. The van der Waals surface area contributed by atoms with E-state index in [2.05, 4.69) is 10.3 Å². The third-order valence-electron chi connectivity index (χ3n) is 1.95. The number of hydrogen-bond acceptors (Lipinski definition) is 2. The predicted molar refractivity (Wildman–Crippen MR) is 51.2 cm³/mol. The van der Waals surface area contributed by atoms with Crippen LogP contribution >= 0.6 is 0 Å². The molecule has 0 amide bonds. The summed E-state index contributed by atoms with van der Waals surface area (Å²) >= 11 is 0. The Bertz CT molecular complexity index is 338. The lowest BCUT2D eigenvalue weighted by Crippen LogP contribution is -2.30. The van der Waals surface area contributed by atoms with Crippen molar-refractivity contribution in [1.82, 2.24) is 10.3 Å². The van der Waals surface area contributed by atoms with Crippen LogP contribution in [0.3, 0.4) is 0 Å². The normalized spacial score (nSPS) is 13.8. The van der Waals surface area contributed by atoms with Crippen molar-refractivity contribution >= 4 is 0 Å². The van der Waals surface area contributed by atoms with E-state index in [1.54, 1.807) is 0 Å². The topological polar surface area (TPSA) is 24.9 Å². The van der Waals surface area contributed by atoms with Gasteiger partial charge in [0.05, 0.1) is 12.6 Å². The molecule has 0 aliphatic rings. The van der Waals surface area contributed by atoms with Gasteiger partial charge in [-0.15, -0.1) is 0 Å². The third kappa shape index (κ3) is 5.06. The van der Waals surface area contributed by atoms with Gasteiger partial charge < -0.3 is 5.32 Å². The number of alkyl halides is 3. The van der Waals surface area contributed by atoms with E-state index < -0.39 is 24.5 Å². The largest absolute Gasteiger partial charge is 0.390 e. The molecule has 0 spiro atoms. The van der Waals surface area contributed by atoms with Crippen LogP contribution < -0.4 is 5.32 Å². The van der Waals surface area contributed by atoms with Gasteiger partial charge in [-0.2, -0.15) is 13.2 Å². The van der Waals surface area contributed by atoms with Crippen LogP contribution in [-0.2, 0) is 6.54 Å². The summed E-state index contributed by atoms with van der Waals surface area (Å²) in [5.74, 6) is -0.497. The number of nitrogens with zero attached hydrogens (tertiary/aromatic N) is 1. The molecule has 0 aliphatic heterocycles. The van der Waals surface area contributed by atoms with Gasteiger partial charge in [-0.25, -0.2) is 4.39 Å². The van der Waals surface area contributed by atoms with Gasteiger partial charge in [0.15, 0.2) is 0 Å². The Hall–Kier alpha value is -1.17. The van der Waals surface area contributed by atoms with Gasteiger partial charge in [-0.1, -0.05) is 0 Å². The molecule has 0 saturated carbocycles. The minimum Gasteiger partial charge on any atom is -0.310 e. The molecule has 1 N–H and O–H groups in total. The summed E-state index contributed by atoms with van der Waals surface area (Å²) in [6.45, 7) is 1.60. The maximum Gasteiger partial charge on any atom is 0.390 e. The maximum absolute atomic E-state index is 12.7. The van der Waals surface area contributed by atoms with E-state index >= 15 is 0 Å². The van der Waals surface area contributed by atoms with Gasteiger partial charge in [0.1, 0.15) is 5.82 Å². The van der Waals surface area contributed by atoms with Crippen LogP contribution in [0.15, 0.2) is 18.5 Å².